The van der Waals surface area contributed by atoms with E-state index in [-0.39, 0.29) is 5.54 Å². The number of likely N-dealkylation sites (tertiary alicyclic amines) is 1. The van der Waals surface area contributed by atoms with Gasteiger partial charge in [0.25, 0.3) is 0 Å². The van der Waals surface area contributed by atoms with Gasteiger partial charge in [0.05, 0.1) is 6.61 Å². The van der Waals surface area contributed by atoms with Crippen LogP contribution in [0.1, 0.15) is 51.4 Å². The molecular weight excluding hydrogens is 212 g/mol. The lowest BCUT2D eigenvalue weighted by Gasteiger charge is -2.34. The van der Waals surface area contributed by atoms with Gasteiger partial charge in [-0.2, -0.15) is 0 Å². The molecule has 2 N–H and O–H groups in total. The Morgan fingerprint density at radius 1 is 1.24 bits per heavy atom. The van der Waals surface area contributed by atoms with Crippen LogP contribution in [0.3, 0.4) is 0 Å². The van der Waals surface area contributed by atoms with E-state index in [2.05, 4.69) is 17.3 Å². The Balaban J connectivity index is 1.71. The largest absolute Gasteiger partial charge is 0.394 e. The Kier molecular flexibility index (Phi) is 4.83. The minimum absolute atomic E-state index is 0.0627. The van der Waals surface area contributed by atoms with Crippen molar-refractivity contribution in [3.63, 3.8) is 0 Å². The molecule has 3 nitrogen and oxygen atoms in total. The third-order valence-corrected chi connectivity index (χ3v) is 4.76. The molecular formula is C14H28N2O. The van der Waals surface area contributed by atoms with Gasteiger partial charge >= 0.3 is 0 Å². The molecule has 0 aromatic carbocycles. The van der Waals surface area contributed by atoms with Gasteiger partial charge in [-0.25, -0.2) is 0 Å². The van der Waals surface area contributed by atoms with Crippen LogP contribution in [0.5, 0.6) is 0 Å². The molecule has 2 fully saturated rings. The van der Waals surface area contributed by atoms with Crippen molar-refractivity contribution in [2.75, 3.05) is 26.7 Å². The van der Waals surface area contributed by atoms with Gasteiger partial charge in [0.1, 0.15) is 0 Å². The third kappa shape index (κ3) is 3.43. The lowest BCUT2D eigenvalue weighted by Crippen LogP contribution is -2.48. The number of aliphatic hydroxyl groups is 1. The summed E-state index contributed by atoms with van der Waals surface area (Å²) in [4.78, 5) is 2.51. The zero-order valence-electron chi connectivity index (χ0n) is 11.2. The van der Waals surface area contributed by atoms with Crippen LogP contribution < -0.4 is 5.32 Å². The van der Waals surface area contributed by atoms with Crippen LogP contribution in [0.4, 0.5) is 0 Å². The predicted octanol–water partition coefficient (Wildman–Crippen LogP) is 1.76. The summed E-state index contributed by atoms with van der Waals surface area (Å²) in [6.07, 6.45) is 10.2. The number of rotatable bonds is 5. The molecule has 1 saturated heterocycles. The lowest BCUT2D eigenvalue weighted by molar-refractivity contribution is 0.145. The molecule has 0 spiro atoms. The van der Waals surface area contributed by atoms with Crippen LogP contribution in [0.15, 0.2) is 0 Å². The van der Waals surface area contributed by atoms with Gasteiger partial charge in [0.15, 0.2) is 0 Å². The minimum Gasteiger partial charge on any atom is -0.394 e. The van der Waals surface area contributed by atoms with E-state index in [4.69, 9.17) is 0 Å². The average Bonchev–Trinajstić information content (AvgIpc) is 2.81. The quantitative estimate of drug-likeness (QED) is 0.768. The molecule has 1 unspecified atom stereocenters. The standard InChI is InChI=1S/C14H28N2O/c1-16-11-5-2-6-13(16)7-10-15-14(12-17)8-3-4-9-14/h13,15,17H,2-12H2,1H3. The number of nitrogens with one attached hydrogen (secondary N) is 1. The number of hydrogen-bond donors (Lipinski definition) is 2. The Hall–Kier alpha value is -0.120. The van der Waals surface area contributed by atoms with E-state index in [9.17, 15) is 5.11 Å². The van der Waals surface area contributed by atoms with Crippen molar-refractivity contribution in [3.8, 4) is 0 Å². The molecule has 1 aliphatic carbocycles. The van der Waals surface area contributed by atoms with Crippen molar-refractivity contribution < 1.29 is 5.11 Å². The maximum Gasteiger partial charge on any atom is 0.0613 e. The van der Waals surface area contributed by atoms with E-state index in [0.29, 0.717) is 6.61 Å². The number of piperidine rings is 1. The first-order chi connectivity index (χ1) is 8.26. The monoisotopic (exact) mass is 240 g/mol. The third-order valence-electron chi connectivity index (χ3n) is 4.76. The Morgan fingerprint density at radius 2 is 2.00 bits per heavy atom. The molecule has 0 radical (unpaired) electrons. The topological polar surface area (TPSA) is 35.5 Å². The Labute approximate surface area is 106 Å². The summed E-state index contributed by atoms with van der Waals surface area (Å²) in [6.45, 7) is 2.64. The van der Waals surface area contributed by atoms with Crippen LogP contribution in [-0.4, -0.2) is 48.3 Å². The van der Waals surface area contributed by atoms with Crippen LogP contribution in [0, 0.1) is 0 Å². The fraction of sp³-hybridized carbons (Fsp3) is 1.00. The van der Waals surface area contributed by atoms with E-state index in [0.717, 1.165) is 25.4 Å². The first-order valence-corrected chi connectivity index (χ1v) is 7.32. The van der Waals surface area contributed by atoms with E-state index in [1.54, 1.807) is 0 Å². The van der Waals surface area contributed by atoms with E-state index in [1.165, 1.54) is 45.1 Å². The maximum atomic E-state index is 9.53. The minimum atomic E-state index is 0.0627. The summed E-state index contributed by atoms with van der Waals surface area (Å²) < 4.78 is 0. The second kappa shape index (κ2) is 6.17. The molecule has 1 heterocycles. The highest BCUT2D eigenvalue weighted by atomic mass is 16.3. The second-order valence-corrected chi connectivity index (χ2v) is 5.99. The fourth-order valence-corrected chi connectivity index (χ4v) is 3.46. The molecule has 1 saturated carbocycles. The first-order valence-electron chi connectivity index (χ1n) is 7.32. The van der Waals surface area contributed by atoms with Gasteiger partial charge < -0.3 is 15.3 Å². The van der Waals surface area contributed by atoms with Gasteiger partial charge in [-0.3, -0.25) is 0 Å². The first kappa shape index (κ1) is 13.3. The normalized spacial score (nSPS) is 29.6. The zero-order chi connectivity index (χ0) is 12.1. The Bertz CT molecular complexity index is 226. The molecule has 2 aliphatic rings. The fourth-order valence-electron chi connectivity index (χ4n) is 3.46. The van der Waals surface area contributed by atoms with Crippen molar-refractivity contribution in [1.29, 1.82) is 0 Å². The predicted molar refractivity (Wildman–Crippen MR) is 71.2 cm³/mol. The molecule has 100 valence electrons. The molecule has 1 atom stereocenters. The highest BCUT2D eigenvalue weighted by Gasteiger charge is 2.32. The van der Waals surface area contributed by atoms with E-state index < -0.39 is 0 Å². The van der Waals surface area contributed by atoms with Gasteiger partial charge in [0, 0.05) is 11.6 Å². The zero-order valence-corrected chi connectivity index (χ0v) is 11.2. The second-order valence-electron chi connectivity index (χ2n) is 5.99. The SMILES string of the molecule is CN1CCCCC1CCNC1(CO)CCCC1. The summed E-state index contributed by atoms with van der Waals surface area (Å²) in [6, 6.07) is 0.758. The van der Waals surface area contributed by atoms with Crippen molar-refractivity contribution in [3.05, 3.63) is 0 Å². The molecule has 0 bridgehead atoms. The van der Waals surface area contributed by atoms with Gasteiger partial charge in [0.2, 0.25) is 0 Å². The highest BCUT2D eigenvalue weighted by Crippen LogP contribution is 2.29. The summed E-state index contributed by atoms with van der Waals surface area (Å²) >= 11 is 0. The van der Waals surface area contributed by atoms with Crippen LogP contribution in [-0.2, 0) is 0 Å². The number of hydrogen-bond acceptors (Lipinski definition) is 3. The smallest absolute Gasteiger partial charge is 0.0613 e. The van der Waals surface area contributed by atoms with Crippen molar-refractivity contribution in [2.45, 2.75) is 62.9 Å². The van der Waals surface area contributed by atoms with Crippen molar-refractivity contribution >= 4 is 0 Å². The van der Waals surface area contributed by atoms with E-state index in [1.807, 2.05) is 0 Å². The van der Waals surface area contributed by atoms with Crippen molar-refractivity contribution in [2.24, 2.45) is 0 Å². The molecule has 0 amide bonds. The summed E-state index contributed by atoms with van der Waals surface area (Å²) in [7, 11) is 2.25. The molecule has 0 aromatic rings. The molecule has 17 heavy (non-hydrogen) atoms. The van der Waals surface area contributed by atoms with Crippen LogP contribution >= 0.6 is 0 Å². The summed E-state index contributed by atoms with van der Waals surface area (Å²) in [5.41, 5.74) is 0.0627. The van der Waals surface area contributed by atoms with Gasteiger partial charge in [-0.05, 0) is 52.2 Å². The van der Waals surface area contributed by atoms with Crippen LogP contribution in [0.2, 0.25) is 0 Å². The van der Waals surface area contributed by atoms with E-state index >= 15 is 0 Å². The molecule has 1 aliphatic heterocycles. The number of nitrogens with zero attached hydrogens (tertiary/aromatic N) is 1. The van der Waals surface area contributed by atoms with Crippen molar-refractivity contribution in [1.82, 2.24) is 10.2 Å². The summed E-state index contributed by atoms with van der Waals surface area (Å²) in [5, 5.41) is 13.2. The summed E-state index contributed by atoms with van der Waals surface area (Å²) in [5.74, 6) is 0. The molecule has 2 rings (SSSR count). The Morgan fingerprint density at radius 3 is 2.65 bits per heavy atom. The maximum absolute atomic E-state index is 9.53. The molecule has 0 aromatic heterocycles. The average molecular weight is 240 g/mol. The highest BCUT2D eigenvalue weighted by molar-refractivity contribution is 4.92. The van der Waals surface area contributed by atoms with Gasteiger partial charge in [-0.15, -0.1) is 0 Å². The number of aliphatic hydroxyl groups excluding tert-OH is 1. The molecule has 3 heteroatoms. The van der Waals surface area contributed by atoms with Gasteiger partial charge in [-0.1, -0.05) is 19.3 Å². The van der Waals surface area contributed by atoms with Crippen LogP contribution in [0.25, 0.3) is 0 Å². The lowest BCUT2D eigenvalue weighted by atomic mass is 9.96.